The van der Waals surface area contributed by atoms with Crippen molar-refractivity contribution in [3.8, 4) is 0 Å². The van der Waals surface area contributed by atoms with Gasteiger partial charge in [0.2, 0.25) is 5.91 Å². The Morgan fingerprint density at radius 1 is 1.22 bits per heavy atom. The van der Waals surface area contributed by atoms with Crippen molar-refractivity contribution >= 4 is 46.1 Å². The number of esters is 1. The quantitative estimate of drug-likeness (QED) is 0.404. The summed E-state index contributed by atoms with van der Waals surface area (Å²) in [5.74, 6) is -1.28. The number of nitrogens with two attached hydrogens (primary N) is 1. The number of carbonyl (C=O) groups is 2. The molecule has 3 N–H and O–H groups in total. The van der Waals surface area contributed by atoms with Crippen molar-refractivity contribution in [3.05, 3.63) is 74.9 Å². The number of methoxy groups -OCH3 is 1. The van der Waals surface area contributed by atoms with E-state index in [2.05, 4.69) is 33.9 Å². The predicted molar refractivity (Wildman–Crippen MR) is 120 cm³/mol. The van der Waals surface area contributed by atoms with Crippen LogP contribution in [0.4, 0.5) is 18.9 Å². The highest BCUT2D eigenvalue weighted by molar-refractivity contribution is 9.10. The molecule has 6 nitrogen and oxygen atoms in total. The maximum Gasteiger partial charge on any atom is 0.416 e. The lowest BCUT2D eigenvalue weighted by Gasteiger charge is -2.41. The van der Waals surface area contributed by atoms with E-state index >= 15 is 0 Å². The SMILES string of the molecule is COC(=O)C1=C(C)N(c2cccc(C(F)(F)F)c2)[C@@H](S)N[C@@H]1c1ccc(C(N)=O)cc1Br. The molecule has 1 amide bonds. The van der Waals surface area contributed by atoms with Gasteiger partial charge in [0.15, 0.2) is 0 Å². The first-order chi connectivity index (χ1) is 15.0. The van der Waals surface area contributed by atoms with Gasteiger partial charge in [-0.2, -0.15) is 13.2 Å². The Labute approximate surface area is 196 Å². The normalized spacial score (nSPS) is 19.2. The third-order valence-electron chi connectivity index (χ3n) is 5.05. The van der Waals surface area contributed by atoms with Crippen LogP contribution in [-0.2, 0) is 15.7 Å². The Morgan fingerprint density at radius 2 is 1.91 bits per heavy atom. The summed E-state index contributed by atoms with van der Waals surface area (Å²) in [6.45, 7) is 1.61. The van der Waals surface area contributed by atoms with E-state index in [1.165, 1.54) is 36.3 Å². The molecule has 1 heterocycles. The molecule has 11 heteroatoms. The number of primary amides is 1. The number of hydrogen-bond donors (Lipinski definition) is 3. The zero-order valence-electron chi connectivity index (χ0n) is 16.9. The van der Waals surface area contributed by atoms with E-state index in [0.717, 1.165) is 12.1 Å². The lowest BCUT2D eigenvalue weighted by atomic mass is 9.94. The minimum atomic E-state index is -4.52. The van der Waals surface area contributed by atoms with Crippen molar-refractivity contribution < 1.29 is 27.5 Å². The highest BCUT2D eigenvalue weighted by Crippen LogP contribution is 2.40. The van der Waals surface area contributed by atoms with Crippen molar-refractivity contribution in [2.45, 2.75) is 24.6 Å². The third kappa shape index (κ3) is 4.64. The number of anilines is 1. The molecule has 0 radical (unpaired) electrons. The van der Waals surface area contributed by atoms with E-state index in [4.69, 9.17) is 10.5 Å². The molecule has 0 spiro atoms. The number of hydrogen-bond acceptors (Lipinski definition) is 6. The first-order valence-electron chi connectivity index (χ1n) is 9.24. The molecule has 0 saturated heterocycles. The van der Waals surface area contributed by atoms with Gasteiger partial charge in [0.1, 0.15) is 5.50 Å². The van der Waals surface area contributed by atoms with Gasteiger partial charge in [-0.05, 0) is 42.8 Å². The number of amides is 1. The molecule has 0 aliphatic carbocycles. The first-order valence-corrected chi connectivity index (χ1v) is 10.6. The summed E-state index contributed by atoms with van der Waals surface area (Å²) in [7, 11) is 1.21. The van der Waals surface area contributed by atoms with E-state index in [-0.39, 0.29) is 16.8 Å². The molecular weight excluding hydrogens is 511 g/mol. The Hall–Kier alpha value is -2.50. The lowest BCUT2D eigenvalue weighted by molar-refractivity contribution is -0.138. The molecule has 0 fully saturated rings. The second kappa shape index (κ2) is 9.16. The van der Waals surface area contributed by atoms with Gasteiger partial charge in [0, 0.05) is 21.4 Å². The number of nitrogens with one attached hydrogen (secondary N) is 1. The predicted octanol–water partition coefficient (Wildman–Crippen LogP) is 4.38. The van der Waals surface area contributed by atoms with Crippen LogP contribution in [0.1, 0.15) is 34.5 Å². The van der Waals surface area contributed by atoms with Crippen LogP contribution < -0.4 is 16.0 Å². The summed E-state index contributed by atoms with van der Waals surface area (Å²) in [5, 5.41) is 3.13. The average Bonchev–Trinajstić information content (AvgIpc) is 2.72. The summed E-state index contributed by atoms with van der Waals surface area (Å²) in [6.07, 6.45) is -4.52. The number of ether oxygens (including phenoxy) is 1. The molecule has 0 saturated carbocycles. The number of allylic oxidation sites excluding steroid dienone is 1. The van der Waals surface area contributed by atoms with Crippen LogP contribution >= 0.6 is 28.6 Å². The minimum Gasteiger partial charge on any atom is -0.466 e. The average molecular weight is 530 g/mol. The topological polar surface area (TPSA) is 84.7 Å². The van der Waals surface area contributed by atoms with Gasteiger partial charge in [-0.1, -0.05) is 28.1 Å². The van der Waals surface area contributed by atoms with Gasteiger partial charge in [-0.15, -0.1) is 12.6 Å². The monoisotopic (exact) mass is 529 g/mol. The molecule has 0 unspecified atom stereocenters. The molecule has 2 atom stereocenters. The number of thiol groups is 1. The summed E-state index contributed by atoms with van der Waals surface area (Å²) >= 11 is 7.92. The standard InChI is InChI=1S/C21H19BrF3N3O3S/c1-10-16(19(30)31-2)17(14-7-6-11(18(26)29)8-15(14)22)27-20(32)28(10)13-5-3-4-12(9-13)21(23,24)25/h3-9,17,20,27,32H,1-2H3,(H2,26,29)/t17-,20+/m1/s1. The Bertz CT molecular complexity index is 1110. The third-order valence-corrected chi connectivity index (χ3v) is 6.12. The Balaban J connectivity index is 2.14. The Kier molecular flexibility index (Phi) is 6.91. The highest BCUT2D eigenvalue weighted by Gasteiger charge is 2.38. The van der Waals surface area contributed by atoms with Gasteiger partial charge in [0.05, 0.1) is 24.3 Å². The fraction of sp³-hybridized carbons (Fsp3) is 0.238. The highest BCUT2D eigenvalue weighted by atomic mass is 79.9. The number of halogens is 4. The van der Waals surface area contributed by atoms with Crippen LogP contribution in [-0.4, -0.2) is 24.5 Å². The van der Waals surface area contributed by atoms with E-state index in [0.29, 0.717) is 15.7 Å². The van der Waals surface area contributed by atoms with Crippen molar-refractivity contribution in [2.75, 3.05) is 12.0 Å². The zero-order chi connectivity index (χ0) is 23.8. The van der Waals surface area contributed by atoms with E-state index < -0.39 is 35.2 Å². The maximum absolute atomic E-state index is 13.2. The van der Waals surface area contributed by atoms with Crippen molar-refractivity contribution in [2.24, 2.45) is 5.73 Å². The number of benzene rings is 2. The fourth-order valence-corrected chi connectivity index (χ4v) is 4.59. The molecule has 1 aliphatic heterocycles. The molecular formula is C21H19BrF3N3O3S. The largest absolute Gasteiger partial charge is 0.466 e. The lowest BCUT2D eigenvalue weighted by Crippen LogP contribution is -2.49. The Morgan fingerprint density at radius 3 is 2.47 bits per heavy atom. The van der Waals surface area contributed by atoms with E-state index in [1.807, 2.05) is 0 Å². The molecule has 2 aromatic carbocycles. The molecule has 2 aromatic rings. The van der Waals surface area contributed by atoms with Crippen LogP contribution in [0.5, 0.6) is 0 Å². The van der Waals surface area contributed by atoms with Crippen LogP contribution in [0.25, 0.3) is 0 Å². The molecule has 32 heavy (non-hydrogen) atoms. The zero-order valence-corrected chi connectivity index (χ0v) is 19.4. The second-order valence-corrected chi connectivity index (χ2v) is 8.33. The molecule has 1 aliphatic rings. The van der Waals surface area contributed by atoms with Crippen LogP contribution in [0.2, 0.25) is 0 Å². The first kappa shape index (κ1) is 24.1. The molecule has 170 valence electrons. The molecule has 0 bridgehead atoms. The van der Waals surface area contributed by atoms with Crippen molar-refractivity contribution in [1.82, 2.24) is 5.32 Å². The summed E-state index contributed by atoms with van der Waals surface area (Å²) in [5.41, 5.74) is 5.33. The number of nitrogens with zero attached hydrogens (tertiary/aromatic N) is 1. The number of alkyl halides is 3. The van der Waals surface area contributed by atoms with Gasteiger partial charge >= 0.3 is 12.1 Å². The number of carbonyl (C=O) groups excluding carboxylic acids is 2. The van der Waals surface area contributed by atoms with Gasteiger partial charge in [0.25, 0.3) is 0 Å². The van der Waals surface area contributed by atoms with Crippen molar-refractivity contribution in [1.29, 1.82) is 0 Å². The number of rotatable bonds is 4. The fourth-order valence-electron chi connectivity index (χ4n) is 3.53. The summed E-state index contributed by atoms with van der Waals surface area (Å²) < 4.78 is 45.1. The van der Waals surface area contributed by atoms with E-state index in [1.54, 1.807) is 13.0 Å². The van der Waals surface area contributed by atoms with Crippen LogP contribution in [0.3, 0.4) is 0 Å². The molecule has 3 rings (SSSR count). The van der Waals surface area contributed by atoms with Crippen LogP contribution in [0, 0.1) is 0 Å². The molecule has 0 aromatic heterocycles. The summed E-state index contributed by atoms with van der Waals surface area (Å²) in [6, 6.07) is 8.68. The van der Waals surface area contributed by atoms with Gasteiger partial charge < -0.3 is 15.4 Å². The van der Waals surface area contributed by atoms with E-state index in [9.17, 15) is 22.8 Å². The summed E-state index contributed by atoms with van der Waals surface area (Å²) in [4.78, 5) is 25.7. The smallest absolute Gasteiger partial charge is 0.416 e. The second-order valence-electron chi connectivity index (χ2n) is 6.98. The minimum absolute atomic E-state index is 0.183. The van der Waals surface area contributed by atoms with Gasteiger partial charge in [-0.25, -0.2) is 4.79 Å². The van der Waals surface area contributed by atoms with Crippen molar-refractivity contribution in [3.63, 3.8) is 0 Å². The van der Waals surface area contributed by atoms with Gasteiger partial charge in [-0.3, -0.25) is 10.1 Å². The van der Waals surface area contributed by atoms with Crippen LogP contribution in [0.15, 0.2) is 58.2 Å². The maximum atomic E-state index is 13.2.